The number of hydrogen-bond acceptors (Lipinski definition) is 4. The van der Waals surface area contributed by atoms with E-state index in [0.717, 1.165) is 17.2 Å². The van der Waals surface area contributed by atoms with Crippen LogP contribution in [0.15, 0.2) is 72.9 Å². The summed E-state index contributed by atoms with van der Waals surface area (Å²) in [4.78, 5) is 15.6. The van der Waals surface area contributed by atoms with E-state index in [2.05, 4.69) is 15.6 Å². The molecule has 0 atom stereocenters. The van der Waals surface area contributed by atoms with Gasteiger partial charge < -0.3 is 15.4 Å². The second-order valence-corrected chi connectivity index (χ2v) is 5.40. The van der Waals surface area contributed by atoms with Crippen LogP contribution in [0.3, 0.4) is 0 Å². The lowest BCUT2D eigenvalue weighted by Gasteiger charge is -2.09. The average Bonchev–Trinajstić information content (AvgIpc) is 2.66. The molecule has 0 aliphatic heterocycles. The van der Waals surface area contributed by atoms with Crippen molar-refractivity contribution in [3.05, 3.63) is 72.9 Å². The first-order chi connectivity index (χ1) is 12.2. The Kier molecular flexibility index (Phi) is 5.26. The molecule has 1 aromatic heterocycles. The minimum absolute atomic E-state index is 0.0310. The van der Waals surface area contributed by atoms with Gasteiger partial charge in [0.1, 0.15) is 17.3 Å². The van der Waals surface area contributed by atoms with Crippen LogP contribution in [0.4, 0.5) is 17.2 Å². The fourth-order valence-corrected chi connectivity index (χ4v) is 2.17. The van der Waals surface area contributed by atoms with Gasteiger partial charge in [-0.1, -0.05) is 25.1 Å². The molecule has 0 aliphatic carbocycles. The van der Waals surface area contributed by atoms with Gasteiger partial charge in [-0.15, -0.1) is 0 Å². The van der Waals surface area contributed by atoms with E-state index in [0.29, 0.717) is 17.9 Å². The monoisotopic (exact) mass is 333 g/mol. The number of pyridine rings is 1. The molecule has 1 amide bonds. The van der Waals surface area contributed by atoms with E-state index < -0.39 is 0 Å². The van der Waals surface area contributed by atoms with Crippen LogP contribution in [0.25, 0.3) is 0 Å². The predicted molar refractivity (Wildman–Crippen MR) is 99.4 cm³/mol. The van der Waals surface area contributed by atoms with Crippen molar-refractivity contribution < 1.29 is 9.53 Å². The predicted octanol–water partition coefficient (Wildman–Crippen LogP) is 4.97. The molecule has 0 radical (unpaired) electrons. The molecule has 0 unspecified atom stereocenters. The van der Waals surface area contributed by atoms with Crippen LogP contribution in [0.1, 0.15) is 13.3 Å². The van der Waals surface area contributed by atoms with Crippen molar-refractivity contribution in [3.63, 3.8) is 0 Å². The summed E-state index contributed by atoms with van der Waals surface area (Å²) in [5, 5.41) is 5.98. The molecule has 0 fully saturated rings. The number of rotatable bonds is 6. The van der Waals surface area contributed by atoms with Crippen LogP contribution < -0.4 is 15.4 Å². The highest BCUT2D eigenvalue weighted by Gasteiger charge is 2.01. The first-order valence-electron chi connectivity index (χ1n) is 8.09. The van der Waals surface area contributed by atoms with Gasteiger partial charge in [0.25, 0.3) is 0 Å². The SMILES string of the molecule is CCC(=O)Nc1ccc(Nc2ccc(Oc3ccccc3)cc2)nc1. The highest BCUT2D eigenvalue weighted by molar-refractivity contribution is 5.90. The molecule has 0 saturated heterocycles. The fourth-order valence-electron chi connectivity index (χ4n) is 2.17. The lowest BCUT2D eigenvalue weighted by molar-refractivity contribution is -0.115. The number of nitrogens with one attached hydrogen (secondary N) is 2. The van der Waals surface area contributed by atoms with Crippen LogP contribution >= 0.6 is 0 Å². The van der Waals surface area contributed by atoms with Gasteiger partial charge >= 0.3 is 0 Å². The Morgan fingerprint density at radius 2 is 1.60 bits per heavy atom. The summed E-state index contributed by atoms with van der Waals surface area (Å²) in [6.07, 6.45) is 2.07. The minimum atomic E-state index is -0.0310. The molecule has 0 saturated carbocycles. The third kappa shape index (κ3) is 4.81. The van der Waals surface area contributed by atoms with Crippen LogP contribution in [0.5, 0.6) is 11.5 Å². The van der Waals surface area contributed by atoms with E-state index in [1.807, 2.05) is 73.7 Å². The highest BCUT2D eigenvalue weighted by atomic mass is 16.5. The number of carbonyl (C=O) groups is 1. The number of ether oxygens (including phenoxy) is 1. The number of nitrogens with zero attached hydrogens (tertiary/aromatic N) is 1. The van der Waals surface area contributed by atoms with Crippen LogP contribution in [0, 0.1) is 0 Å². The van der Waals surface area contributed by atoms with Crippen molar-refractivity contribution in [2.75, 3.05) is 10.6 Å². The zero-order chi connectivity index (χ0) is 17.5. The standard InChI is InChI=1S/C20H19N3O2/c1-2-20(24)23-16-10-13-19(21-14-16)22-15-8-11-18(12-9-15)25-17-6-4-3-5-7-17/h3-14H,2H2,1H3,(H,21,22)(H,23,24). The molecule has 0 aliphatic rings. The first-order valence-corrected chi connectivity index (χ1v) is 8.09. The molecule has 3 aromatic rings. The maximum absolute atomic E-state index is 11.4. The van der Waals surface area contributed by atoms with E-state index in [-0.39, 0.29) is 5.91 Å². The first kappa shape index (κ1) is 16.5. The normalized spacial score (nSPS) is 10.1. The number of benzene rings is 2. The van der Waals surface area contributed by atoms with Crippen molar-refractivity contribution >= 4 is 23.1 Å². The van der Waals surface area contributed by atoms with Gasteiger partial charge in [0.15, 0.2) is 0 Å². The summed E-state index contributed by atoms with van der Waals surface area (Å²) < 4.78 is 5.76. The number of hydrogen-bond donors (Lipinski definition) is 2. The van der Waals surface area contributed by atoms with Crippen LogP contribution in [0.2, 0.25) is 0 Å². The van der Waals surface area contributed by atoms with Gasteiger partial charge in [0.05, 0.1) is 11.9 Å². The van der Waals surface area contributed by atoms with E-state index in [1.54, 1.807) is 6.20 Å². The smallest absolute Gasteiger partial charge is 0.224 e. The zero-order valence-corrected chi connectivity index (χ0v) is 13.9. The highest BCUT2D eigenvalue weighted by Crippen LogP contribution is 2.24. The second-order valence-electron chi connectivity index (χ2n) is 5.40. The van der Waals surface area contributed by atoms with E-state index in [9.17, 15) is 4.79 Å². The van der Waals surface area contributed by atoms with Crippen molar-refractivity contribution in [1.82, 2.24) is 4.98 Å². The maximum Gasteiger partial charge on any atom is 0.224 e. The summed E-state index contributed by atoms with van der Waals surface area (Å²) in [5.41, 5.74) is 1.59. The summed E-state index contributed by atoms with van der Waals surface area (Å²) in [5.74, 6) is 2.24. The number of carbonyl (C=O) groups excluding carboxylic acids is 1. The van der Waals surface area contributed by atoms with E-state index >= 15 is 0 Å². The maximum atomic E-state index is 11.4. The Morgan fingerprint density at radius 3 is 2.24 bits per heavy atom. The molecule has 1 heterocycles. The number of aromatic nitrogens is 1. The number of anilines is 3. The van der Waals surface area contributed by atoms with E-state index in [4.69, 9.17) is 4.74 Å². The summed E-state index contributed by atoms with van der Waals surface area (Å²) in [7, 11) is 0. The summed E-state index contributed by atoms with van der Waals surface area (Å²) >= 11 is 0. The minimum Gasteiger partial charge on any atom is -0.457 e. The molecule has 0 spiro atoms. The molecule has 5 heteroatoms. The van der Waals surface area contributed by atoms with Gasteiger partial charge in [0.2, 0.25) is 5.91 Å². The van der Waals surface area contributed by atoms with Gasteiger partial charge in [-0.05, 0) is 48.5 Å². The second kappa shape index (κ2) is 7.97. The largest absolute Gasteiger partial charge is 0.457 e. The van der Waals surface area contributed by atoms with Gasteiger partial charge in [0, 0.05) is 12.1 Å². The molecule has 25 heavy (non-hydrogen) atoms. The summed E-state index contributed by atoms with van der Waals surface area (Å²) in [6, 6.07) is 20.9. The van der Waals surface area contributed by atoms with Gasteiger partial charge in [-0.2, -0.15) is 0 Å². The topological polar surface area (TPSA) is 63.2 Å². The lowest BCUT2D eigenvalue weighted by Crippen LogP contribution is -2.09. The van der Waals surface area contributed by atoms with Crippen molar-refractivity contribution in [2.45, 2.75) is 13.3 Å². The van der Waals surface area contributed by atoms with Crippen molar-refractivity contribution in [1.29, 1.82) is 0 Å². The van der Waals surface area contributed by atoms with Gasteiger partial charge in [-0.25, -0.2) is 4.98 Å². The number of amides is 1. The molecular formula is C20H19N3O2. The Balaban J connectivity index is 1.60. The van der Waals surface area contributed by atoms with E-state index in [1.165, 1.54) is 0 Å². The molecule has 126 valence electrons. The molecule has 0 bridgehead atoms. The Hall–Kier alpha value is -3.34. The van der Waals surface area contributed by atoms with Crippen LogP contribution in [-0.2, 0) is 4.79 Å². The number of para-hydroxylation sites is 1. The van der Waals surface area contributed by atoms with Crippen molar-refractivity contribution in [3.8, 4) is 11.5 Å². The fraction of sp³-hybridized carbons (Fsp3) is 0.100. The zero-order valence-electron chi connectivity index (χ0n) is 13.9. The Bertz CT molecular complexity index is 816. The molecule has 5 nitrogen and oxygen atoms in total. The van der Waals surface area contributed by atoms with Crippen molar-refractivity contribution in [2.24, 2.45) is 0 Å². The third-order valence-electron chi connectivity index (χ3n) is 3.47. The Labute approximate surface area is 146 Å². The Morgan fingerprint density at radius 1 is 0.920 bits per heavy atom. The summed E-state index contributed by atoms with van der Waals surface area (Å²) in [6.45, 7) is 1.81. The van der Waals surface area contributed by atoms with Gasteiger partial charge in [-0.3, -0.25) is 4.79 Å². The molecule has 3 rings (SSSR count). The lowest BCUT2D eigenvalue weighted by atomic mass is 10.3. The molecular weight excluding hydrogens is 314 g/mol. The molecule has 2 aromatic carbocycles. The molecule has 2 N–H and O–H groups in total. The quantitative estimate of drug-likeness (QED) is 0.669. The van der Waals surface area contributed by atoms with Crippen LogP contribution in [-0.4, -0.2) is 10.9 Å². The average molecular weight is 333 g/mol. The third-order valence-corrected chi connectivity index (χ3v) is 3.47.